The Hall–Kier alpha value is -1.32. The van der Waals surface area contributed by atoms with E-state index in [-0.39, 0.29) is 5.82 Å². The molecule has 1 aliphatic heterocycles. The van der Waals surface area contributed by atoms with Crippen molar-refractivity contribution in [2.75, 3.05) is 0 Å². The van der Waals surface area contributed by atoms with Gasteiger partial charge in [0.05, 0.1) is 0 Å². The molecule has 17 heavy (non-hydrogen) atoms. The van der Waals surface area contributed by atoms with Crippen LogP contribution in [0.1, 0.15) is 22.8 Å². The molecule has 0 saturated heterocycles. The Labute approximate surface area is 103 Å². The minimum atomic E-state index is -0.656. The Bertz CT molecular complexity index is 568. The second-order valence-electron chi connectivity index (χ2n) is 4.07. The summed E-state index contributed by atoms with van der Waals surface area (Å²) in [5.74, 6) is 0.448. The molecule has 3 rings (SSSR count). The van der Waals surface area contributed by atoms with E-state index < -0.39 is 6.10 Å². The molecule has 1 aliphatic rings. The molecule has 0 aliphatic carbocycles. The highest BCUT2D eigenvalue weighted by molar-refractivity contribution is 7.98. The lowest BCUT2D eigenvalue weighted by molar-refractivity contribution is 0.217. The molecule has 1 unspecified atom stereocenters. The van der Waals surface area contributed by atoms with Crippen LogP contribution in [0.25, 0.3) is 0 Å². The molecule has 0 amide bonds. The SMILES string of the molecule is OC1c2ccc(F)cc2CSc2ccccc21. The molecule has 0 saturated carbocycles. The lowest BCUT2D eigenvalue weighted by atomic mass is 9.97. The van der Waals surface area contributed by atoms with Crippen molar-refractivity contribution in [2.24, 2.45) is 0 Å². The van der Waals surface area contributed by atoms with Crippen LogP contribution in [0, 0.1) is 5.82 Å². The lowest BCUT2D eigenvalue weighted by Gasteiger charge is -2.13. The van der Waals surface area contributed by atoms with Crippen molar-refractivity contribution in [2.45, 2.75) is 16.8 Å². The summed E-state index contributed by atoms with van der Waals surface area (Å²) in [7, 11) is 0. The number of aliphatic hydroxyl groups excluding tert-OH is 1. The van der Waals surface area contributed by atoms with Gasteiger partial charge in [-0.15, -0.1) is 11.8 Å². The van der Waals surface area contributed by atoms with Crippen LogP contribution >= 0.6 is 11.8 Å². The molecule has 0 spiro atoms. The monoisotopic (exact) mass is 246 g/mol. The number of halogens is 1. The highest BCUT2D eigenvalue weighted by Gasteiger charge is 2.21. The van der Waals surface area contributed by atoms with Crippen LogP contribution in [0.2, 0.25) is 0 Å². The first-order valence-corrected chi connectivity index (χ1v) is 6.42. The molecule has 0 fully saturated rings. The first-order chi connectivity index (χ1) is 8.25. The van der Waals surface area contributed by atoms with Gasteiger partial charge in [-0.05, 0) is 34.9 Å². The van der Waals surface area contributed by atoms with E-state index in [0.29, 0.717) is 5.75 Å². The minimum Gasteiger partial charge on any atom is -0.384 e. The van der Waals surface area contributed by atoms with Crippen LogP contribution in [0.15, 0.2) is 47.4 Å². The summed E-state index contributed by atoms with van der Waals surface area (Å²) in [4.78, 5) is 1.07. The van der Waals surface area contributed by atoms with Crippen LogP contribution in [-0.4, -0.2) is 5.11 Å². The van der Waals surface area contributed by atoms with Crippen LogP contribution in [0.5, 0.6) is 0 Å². The highest BCUT2D eigenvalue weighted by atomic mass is 32.2. The summed E-state index contributed by atoms with van der Waals surface area (Å²) in [6.07, 6.45) is -0.656. The molecular formula is C14H11FOS. The maximum absolute atomic E-state index is 13.2. The van der Waals surface area contributed by atoms with E-state index in [1.807, 2.05) is 24.3 Å². The standard InChI is InChI=1S/C14H11FOS/c15-10-5-6-11-9(7-10)8-17-13-4-2-1-3-12(13)14(11)16/h1-7,14,16H,8H2. The molecule has 2 aromatic rings. The quantitative estimate of drug-likeness (QED) is 0.767. The predicted octanol–water partition coefficient (Wildman–Crippen LogP) is 3.51. The van der Waals surface area contributed by atoms with Gasteiger partial charge in [-0.25, -0.2) is 4.39 Å². The zero-order chi connectivity index (χ0) is 11.8. The first-order valence-electron chi connectivity index (χ1n) is 5.44. The Kier molecular flexibility index (Phi) is 2.65. The number of thioether (sulfide) groups is 1. The third-order valence-corrected chi connectivity index (χ3v) is 4.13. The van der Waals surface area contributed by atoms with E-state index in [1.54, 1.807) is 17.8 Å². The van der Waals surface area contributed by atoms with Gasteiger partial charge >= 0.3 is 0 Å². The summed E-state index contributed by atoms with van der Waals surface area (Å²) < 4.78 is 13.2. The number of hydrogen-bond donors (Lipinski definition) is 1. The van der Waals surface area contributed by atoms with Gasteiger partial charge in [-0.3, -0.25) is 0 Å². The average Bonchev–Trinajstić information content (AvgIpc) is 2.48. The second-order valence-corrected chi connectivity index (χ2v) is 5.09. The molecular weight excluding hydrogens is 235 g/mol. The Balaban J connectivity index is 2.16. The van der Waals surface area contributed by atoms with Crippen LogP contribution in [-0.2, 0) is 5.75 Å². The fraction of sp³-hybridized carbons (Fsp3) is 0.143. The van der Waals surface area contributed by atoms with E-state index in [1.165, 1.54) is 12.1 Å². The zero-order valence-corrected chi connectivity index (χ0v) is 9.88. The Morgan fingerprint density at radius 2 is 1.94 bits per heavy atom. The van der Waals surface area contributed by atoms with Crippen LogP contribution < -0.4 is 0 Å². The molecule has 1 nitrogen and oxygen atoms in total. The summed E-state index contributed by atoms with van der Waals surface area (Å²) in [5, 5.41) is 10.3. The number of rotatable bonds is 0. The second kappa shape index (κ2) is 4.17. The smallest absolute Gasteiger partial charge is 0.123 e. The molecule has 2 aromatic carbocycles. The van der Waals surface area contributed by atoms with Crippen molar-refractivity contribution in [3.8, 4) is 0 Å². The van der Waals surface area contributed by atoms with Gasteiger partial charge in [-0.1, -0.05) is 24.3 Å². The molecule has 1 atom stereocenters. The van der Waals surface area contributed by atoms with Gasteiger partial charge in [0, 0.05) is 10.6 Å². The fourth-order valence-electron chi connectivity index (χ4n) is 2.13. The Morgan fingerprint density at radius 3 is 2.82 bits per heavy atom. The van der Waals surface area contributed by atoms with Gasteiger partial charge in [0.1, 0.15) is 11.9 Å². The average molecular weight is 246 g/mol. The molecule has 0 aromatic heterocycles. The van der Waals surface area contributed by atoms with Crippen molar-refractivity contribution in [3.63, 3.8) is 0 Å². The Morgan fingerprint density at radius 1 is 1.12 bits per heavy atom. The van der Waals surface area contributed by atoms with Crippen LogP contribution in [0.4, 0.5) is 4.39 Å². The fourth-order valence-corrected chi connectivity index (χ4v) is 3.21. The van der Waals surface area contributed by atoms with Gasteiger partial charge < -0.3 is 5.11 Å². The van der Waals surface area contributed by atoms with Crippen molar-refractivity contribution < 1.29 is 9.50 Å². The largest absolute Gasteiger partial charge is 0.384 e. The van der Waals surface area contributed by atoms with E-state index in [4.69, 9.17) is 0 Å². The topological polar surface area (TPSA) is 20.2 Å². The molecule has 1 N–H and O–H groups in total. The number of hydrogen-bond acceptors (Lipinski definition) is 2. The lowest BCUT2D eigenvalue weighted by Crippen LogP contribution is -2.02. The molecule has 86 valence electrons. The third kappa shape index (κ3) is 1.85. The van der Waals surface area contributed by atoms with Gasteiger partial charge in [0.2, 0.25) is 0 Å². The summed E-state index contributed by atoms with van der Waals surface area (Å²) in [5.41, 5.74) is 2.59. The van der Waals surface area contributed by atoms with Crippen molar-refractivity contribution in [1.82, 2.24) is 0 Å². The predicted molar refractivity (Wildman–Crippen MR) is 66.5 cm³/mol. The summed E-state index contributed by atoms with van der Waals surface area (Å²) >= 11 is 1.64. The van der Waals surface area contributed by atoms with Gasteiger partial charge in [0.15, 0.2) is 0 Å². The van der Waals surface area contributed by atoms with E-state index >= 15 is 0 Å². The van der Waals surface area contributed by atoms with E-state index in [0.717, 1.165) is 21.6 Å². The maximum Gasteiger partial charge on any atom is 0.123 e. The first kappa shape index (κ1) is 10.8. The maximum atomic E-state index is 13.2. The van der Waals surface area contributed by atoms with Gasteiger partial charge in [0.25, 0.3) is 0 Å². The van der Waals surface area contributed by atoms with Crippen molar-refractivity contribution in [3.05, 3.63) is 65.0 Å². The summed E-state index contributed by atoms with van der Waals surface area (Å²) in [6, 6.07) is 12.4. The number of aliphatic hydroxyl groups is 1. The molecule has 0 bridgehead atoms. The minimum absolute atomic E-state index is 0.248. The van der Waals surface area contributed by atoms with Crippen LogP contribution in [0.3, 0.4) is 0 Å². The molecule has 0 radical (unpaired) electrons. The summed E-state index contributed by atoms with van der Waals surface area (Å²) in [6.45, 7) is 0. The van der Waals surface area contributed by atoms with E-state index in [2.05, 4.69) is 0 Å². The van der Waals surface area contributed by atoms with Crippen molar-refractivity contribution in [1.29, 1.82) is 0 Å². The third-order valence-electron chi connectivity index (χ3n) is 3.00. The number of benzene rings is 2. The van der Waals surface area contributed by atoms with Gasteiger partial charge in [-0.2, -0.15) is 0 Å². The zero-order valence-electron chi connectivity index (χ0n) is 9.06. The normalized spacial score (nSPS) is 18.1. The van der Waals surface area contributed by atoms with E-state index in [9.17, 15) is 9.50 Å². The van der Waals surface area contributed by atoms with Crippen molar-refractivity contribution >= 4 is 11.8 Å². The number of fused-ring (bicyclic) bond motifs is 2. The molecule has 3 heteroatoms. The molecule has 1 heterocycles. The highest BCUT2D eigenvalue weighted by Crippen LogP contribution is 2.39.